The SMILES string of the molecule is COC(=O)CCC(=O)Oc1cc(C)c(C2(c3cc(C(C)C)c(OC(=O)CCC(=O)OC)cc3C)OC(=O)c3ccccc32)cc1C(C)C. The Hall–Kier alpha value is -4.99. The molecule has 0 N–H and O–H groups in total. The molecule has 1 aliphatic heterocycles. The second-order valence-electron chi connectivity index (χ2n) is 12.4. The van der Waals surface area contributed by atoms with Crippen molar-refractivity contribution in [3.63, 3.8) is 0 Å². The molecular formula is C38H42O10. The van der Waals surface area contributed by atoms with Crippen molar-refractivity contribution in [1.29, 1.82) is 0 Å². The first kappa shape index (κ1) is 35.9. The number of carbonyl (C=O) groups excluding carboxylic acids is 5. The Morgan fingerprint density at radius 2 is 1.06 bits per heavy atom. The van der Waals surface area contributed by atoms with Crippen molar-refractivity contribution >= 4 is 29.8 Å². The Morgan fingerprint density at radius 1 is 0.646 bits per heavy atom. The second kappa shape index (κ2) is 14.8. The maximum Gasteiger partial charge on any atom is 0.340 e. The summed E-state index contributed by atoms with van der Waals surface area (Å²) in [6, 6.07) is 14.6. The number of hydrogen-bond acceptors (Lipinski definition) is 10. The Labute approximate surface area is 280 Å². The standard InChI is InChI=1S/C38H42O10/c1-21(2)26-19-29(23(5)17-31(26)46-35(41)15-13-33(39)44-7)38(28-12-10-9-11-25(28)37(43)48-38)30-20-27(22(3)4)32(18-24(30)6)47-36(42)16-14-34(40)45-8/h9-12,17-22H,13-16H2,1-8H3. The van der Waals surface area contributed by atoms with E-state index in [2.05, 4.69) is 9.47 Å². The van der Waals surface area contributed by atoms with Gasteiger partial charge in [-0.25, -0.2) is 4.79 Å². The summed E-state index contributed by atoms with van der Waals surface area (Å²) in [5.74, 6) is -2.16. The molecule has 3 aromatic carbocycles. The van der Waals surface area contributed by atoms with Crippen molar-refractivity contribution in [2.45, 2.75) is 84.7 Å². The molecule has 0 spiro atoms. The second-order valence-corrected chi connectivity index (χ2v) is 12.4. The summed E-state index contributed by atoms with van der Waals surface area (Å²) in [6.45, 7) is 11.6. The summed E-state index contributed by atoms with van der Waals surface area (Å²) in [5.41, 5.74) is 3.85. The number of hydrogen-bond donors (Lipinski definition) is 0. The van der Waals surface area contributed by atoms with Crippen LogP contribution in [0.3, 0.4) is 0 Å². The van der Waals surface area contributed by atoms with E-state index < -0.39 is 35.4 Å². The number of ether oxygens (including phenoxy) is 5. The smallest absolute Gasteiger partial charge is 0.340 e. The van der Waals surface area contributed by atoms with E-state index in [1.165, 1.54) is 14.2 Å². The summed E-state index contributed by atoms with van der Waals surface area (Å²) < 4.78 is 27.3. The van der Waals surface area contributed by atoms with Crippen LogP contribution in [0.4, 0.5) is 0 Å². The maximum absolute atomic E-state index is 13.6. The quantitative estimate of drug-likeness (QED) is 0.117. The van der Waals surface area contributed by atoms with Crippen molar-refractivity contribution < 1.29 is 47.7 Å². The summed E-state index contributed by atoms with van der Waals surface area (Å²) in [6.07, 6.45) is -0.492. The predicted molar refractivity (Wildman–Crippen MR) is 176 cm³/mol. The third kappa shape index (κ3) is 7.27. The number of rotatable bonds is 12. The van der Waals surface area contributed by atoms with E-state index >= 15 is 0 Å². The highest BCUT2D eigenvalue weighted by atomic mass is 16.6. The van der Waals surface area contributed by atoms with Gasteiger partial charge in [0.05, 0.1) is 45.5 Å². The maximum atomic E-state index is 13.6. The van der Waals surface area contributed by atoms with Crippen molar-refractivity contribution in [2.75, 3.05) is 14.2 Å². The van der Waals surface area contributed by atoms with Crippen LogP contribution in [0.15, 0.2) is 48.5 Å². The topological polar surface area (TPSA) is 132 Å². The number of carbonyl (C=O) groups is 5. The zero-order chi connectivity index (χ0) is 35.3. The first-order chi connectivity index (χ1) is 22.7. The number of cyclic esters (lactones) is 1. The highest BCUT2D eigenvalue weighted by molar-refractivity contribution is 5.96. The van der Waals surface area contributed by atoms with Gasteiger partial charge in [-0.1, -0.05) is 45.9 Å². The van der Waals surface area contributed by atoms with E-state index in [0.717, 1.165) is 0 Å². The van der Waals surface area contributed by atoms with E-state index in [1.807, 2.05) is 65.8 Å². The lowest BCUT2D eigenvalue weighted by atomic mass is 9.74. The molecule has 0 radical (unpaired) electrons. The molecule has 10 nitrogen and oxygen atoms in total. The minimum Gasteiger partial charge on any atom is -0.469 e. The van der Waals surface area contributed by atoms with Gasteiger partial charge in [0, 0.05) is 16.7 Å². The summed E-state index contributed by atoms with van der Waals surface area (Å²) in [5, 5.41) is 0. The molecule has 1 aliphatic rings. The molecule has 0 unspecified atom stereocenters. The molecular weight excluding hydrogens is 616 g/mol. The monoisotopic (exact) mass is 658 g/mol. The van der Waals surface area contributed by atoms with Crippen molar-refractivity contribution in [2.24, 2.45) is 0 Å². The van der Waals surface area contributed by atoms with E-state index in [0.29, 0.717) is 56.0 Å². The van der Waals surface area contributed by atoms with Gasteiger partial charge in [0.15, 0.2) is 5.60 Å². The fourth-order valence-corrected chi connectivity index (χ4v) is 5.96. The van der Waals surface area contributed by atoms with Gasteiger partial charge in [0.1, 0.15) is 11.5 Å². The van der Waals surface area contributed by atoms with Crippen LogP contribution in [-0.2, 0) is 39.0 Å². The fourth-order valence-electron chi connectivity index (χ4n) is 5.96. The third-order valence-electron chi connectivity index (χ3n) is 8.46. The Balaban J connectivity index is 1.90. The summed E-state index contributed by atoms with van der Waals surface area (Å²) in [7, 11) is 2.52. The molecule has 0 amide bonds. The van der Waals surface area contributed by atoms with Gasteiger partial charge in [0.25, 0.3) is 0 Å². The largest absolute Gasteiger partial charge is 0.469 e. The van der Waals surface area contributed by atoms with Crippen LogP contribution in [0.1, 0.15) is 115 Å². The molecule has 48 heavy (non-hydrogen) atoms. The summed E-state index contributed by atoms with van der Waals surface area (Å²) >= 11 is 0. The van der Waals surface area contributed by atoms with Crippen molar-refractivity contribution in [3.05, 3.63) is 93.0 Å². The first-order valence-corrected chi connectivity index (χ1v) is 15.9. The normalized spacial score (nSPS) is 13.2. The minimum atomic E-state index is -1.39. The lowest BCUT2D eigenvalue weighted by Gasteiger charge is -2.34. The zero-order valence-corrected chi connectivity index (χ0v) is 28.7. The number of aryl methyl sites for hydroxylation is 2. The molecule has 0 bridgehead atoms. The van der Waals surface area contributed by atoms with Gasteiger partial charge in [-0.3, -0.25) is 19.2 Å². The van der Waals surface area contributed by atoms with Gasteiger partial charge >= 0.3 is 29.8 Å². The predicted octanol–water partition coefficient (Wildman–Crippen LogP) is 6.73. The van der Waals surface area contributed by atoms with Gasteiger partial charge in [-0.05, 0) is 78.3 Å². The minimum absolute atomic E-state index is 0.101. The fraction of sp³-hybridized carbons (Fsp3) is 0.395. The zero-order valence-electron chi connectivity index (χ0n) is 28.7. The highest BCUT2D eigenvalue weighted by Crippen LogP contribution is 2.51. The number of esters is 5. The number of benzene rings is 3. The van der Waals surface area contributed by atoms with Crippen molar-refractivity contribution in [3.8, 4) is 11.5 Å². The molecule has 10 heteroatoms. The van der Waals surface area contributed by atoms with Gasteiger partial charge in [0.2, 0.25) is 0 Å². The Bertz CT molecular complexity index is 1650. The van der Waals surface area contributed by atoms with E-state index in [9.17, 15) is 24.0 Å². The van der Waals surface area contributed by atoms with Gasteiger partial charge in [-0.2, -0.15) is 0 Å². The molecule has 0 aromatic heterocycles. The Morgan fingerprint density at radius 3 is 1.48 bits per heavy atom. The summed E-state index contributed by atoms with van der Waals surface area (Å²) in [4.78, 5) is 62.3. The molecule has 0 saturated heterocycles. The molecule has 254 valence electrons. The molecule has 0 saturated carbocycles. The first-order valence-electron chi connectivity index (χ1n) is 15.9. The molecule has 0 aliphatic carbocycles. The van der Waals surface area contributed by atoms with Crippen LogP contribution in [0.25, 0.3) is 0 Å². The van der Waals surface area contributed by atoms with E-state index in [-0.39, 0.29) is 37.5 Å². The van der Waals surface area contributed by atoms with Crippen molar-refractivity contribution in [1.82, 2.24) is 0 Å². The molecule has 4 rings (SSSR count). The lowest BCUT2D eigenvalue weighted by molar-refractivity contribution is -0.144. The molecule has 0 atom stereocenters. The van der Waals surface area contributed by atoms with E-state index in [1.54, 1.807) is 24.3 Å². The van der Waals surface area contributed by atoms with Gasteiger partial charge < -0.3 is 23.7 Å². The Kier molecular flexibility index (Phi) is 11.1. The third-order valence-corrected chi connectivity index (χ3v) is 8.46. The van der Waals surface area contributed by atoms with Crippen LogP contribution < -0.4 is 9.47 Å². The molecule has 1 heterocycles. The van der Waals surface area contributed by atoms with Gasteiger partial charge in [-0.15, -0.1) is 0 Å². The molecule has 0 fully saturated rings. The number of fused-ring (bicyclic) bond motifs is 1. The molecule has 3 aromatic rings. The average molecular weight is 659 g/mol. The lowest BCUT2D eigenvalue weighted by Crippen LogP contribution is -2.32. The van der Waals surface area contributed by atoms with Crippen LogP contribution in [0, 0.1) is 13.8 Å². The van der Waals surface area contributed by atoms with Crippen LogP contribution in [-0.4, -0.2) is 44.1 Å². The average Bonchev–Trinajstić information content (AvgIpc) is 3.34. The van der Waals surface area contributed by atoms with E-state index in [4.69, 9.17) is 14.2 Å². The highest BCUT2D eigenvalue weighted by Gasteiger charge is 2.50. The van der Waals surface area contributed by atoms with Crippen LogP contribution in [0.5, 0.6) is 11.5 Å². The van der Waals surface area contributed by atoms with Crippen LogP contribution in [0.2, 0.25) is 0 Å². The number of methoxy groups -OCH3 is 2. The van der Waals surface area contributed by atoms with Crippen LogP contribution >= 0.6 is 0 Å².